The summed E-state index contributed by atoms with van der Waals surface area (Å²) in [6.45, 7) is 0.778. The first kappa shape index (κ1) is 23.4. The van der Waals surface area contributed by atoms with Crippen LogP contribution in [-0.2, 0) is 4.79 Å². The lowest BCUT2D eigenvalue weighted by Crippen LogP contribution is -2.07. The largest absolute Gasteiger partial charge is 0.494 e. The van der Waals surface area contributed by atoms with E-state index in [0.29, 0.717) is 12.2 Å². The number of nitro groups is 1. The minimum absolute atomic E-state index is 0.0182. The van der Waals surface area contributed by atoms with Crippen molar-refractivity contribution >= 4 is 11.7 Å². The Morgan fingerprint density at radius 3 is 1.90 bits per heavy atom. The Morgan fingerprint density at radius 1 is 0.733 bits per heavy atom. The molecule has 6 heteroatoms. The van der Waals surface area contributed by atoms with Crippen molar-refractivity contribution in [3.63, 3.8) is 0 Å². The molecule has 0 saturated carbocycles. The van der Waals surface area contributed by atoms with Crippen molar-refractivity contribution < 1.29 is 19.2 Å². The Morgan fingerprint density at radius 2 is 1.30 bits per heavy atom. The van der Waals surface area contributed by atoms with Crippen LogP contribution in [0.25, 0.3) is 0 Å². The molecule has 2 rings (SSSR count). The highest BCUT2D eigenvalue weighted by atomic mass is 16.6. The molecule has 30 heavy (non-hydrogen) atoms. The molecule has 0 aliphatic rings. The van der Waals surface area contributed by atoms with Crippen molar-refractivity contribution in [2.24, 2.45) is 0 Å². The van der Waals surface area contributed by atoms with E-state index < -0.39 is 4.92 Å². The molecule has 6 nitrogen and oxygen atoms in total. The van der Waals surface area contributed by atoms with E-state index in [-0.39, 0.29) is 11.7 Å². The monoisotopic (exact) mass is 413 g/mol. The Balaban J connectivity index is 1.38. The van der Waals surface area contributed by atoms with Gasteiger partial charge in [-0.1, -0.05) is 63.1 Å². The van der Waals surface area contributed by atoms with Gasteiger partial charge in [-0.2, -0.15) is 0 Å². The highest BCUT2D eigenvalue weighted by molar-refractivity contribution is 5.72. The van der Waals surface area contributed by atoms with Gasteiger partial charge in [0.15, 0.2) is 0 Å². The number of carbonyl (C=O) groups excluding carboxylic acids is 1. The van der Waals surface area contributed by atoms with Crippen LogP contribution in [0.3, 0.4) is 0 Å². The number of hydrogen-bond acceptors (Lipinski definition) is 5. The molecular formula is C24H31NO5. The van der Waals surface area contributed by atoms with E-state index in [1.807, 2.05) is 30.3 Å². The minimum Gasteiger partial charge on any atom is -0.494 e. The average Bonchev–Trinajstić information content (AvgIpc) is 2.75. The summed E-state index contributed by atoms with van der Waals surface area (Å²) in [5.41, 5.74) is -0.0182. The third kappa shape index (κ3) is 10.0. The zero-order valence-electron chi connectivity index (χ0n) is 17.5. The normalized spacial score (nSPS) is 10.5. The summed E-state index contributed by atoms with van der Waals surface area (Å²) in [6, 6.07) is 15.5. The number of rotatable bonds is 15. The van der Waals surface area contributed by atoms with Gasteiger partial charge in [-0.05, 0) is 37.1 Å². The van der Waals surface area contributed by atoms with Crippen LogP contribution >= 0.6 is 0 Å². The van der Waals surface area contributed by atoms with Crippen molar-refractivity contribution in [1.29, 1.82) is 0 Å². The molecule has 2 aromatic carbocycles. The molecule has 0 radical (unpaired) electrons. The van der Waals surface area contributed by atoms with E-state index in [0.717, 1.165) is 38.0 Å². The first-order valence-electron chi connectivity index (χ1n) is 10.8. The maximum absolute atomic E-state index is 11.8. The van der Waals surface area contributed by atoms with Gasteiger partial charge in [0.25, 0.3) is 5.69 Å². The Labute approximate surface area is 178 Å². The van der Waals surface area contributed by atoms with E-state index >= 15 is 0 Å². The number of ether oxygens (including phenoxy) is 2. The molecule has 0 unspecified atom stereocenters. The fraction of sp³-hybridized carbons (Fsp3) is 0.458. The lowest BCUT2D eigenvalue weighted by Gasteiger charge is -2.06. The summed E-state index contributed by atoms with van der Waals surface area (Å²) < 4.78 is 10.9. The molecule has 0 atom stereocenters. The minimum atomic E-state index is -0.480. The quantitative estimate of drug-likeness (QED) is 0.110. The molecular weight excluding hydrogens is 382 g/mol. The van der Waals surface area contributed by atoms with Crippen molar-refractivity contribution in [1.82, 2.24) is 0 Å². The maximum atomic E-state index is 11.8. The summed E-state index contributed by atoms with van der Waals surface area (Å²) in [5, 5.41) is 10.6. The van der Waals surface area contributed by atoms with Crippen LogP contribution in [0.5, 0.6) is 11.5 Å². The molecule has 0 spiro atoms. The van der Waals surface area contributed by atoms with Crippen LogP contribution in [0.1, 0.15) is 64.2 Å². The van der Waals surface area contributed by atoms with Crippen LogP contribution in [0.2, 0.25) is 0 Å². The SMILES string of the molecule is O=C(CCCCCCCCCCCOc1ccccc1)Oc1ccc([N+](=O)[O-])cc1. The second-order valence-electron chi connectivity index (χ2n) is 7.32. The molecule has 162 valence electrons. The maximum Gasteiger partial charge on any atom is 0.311 e. The van der Waals surface area contributed by atoms with Gasteiger partial charge in [0.1, 0.15) is 11.5 Å². The van der Waals surface area contributed by atoms with Gasteiger partial charge in [0, 0.05) is 18.6 Å². The molecule has 0 aliphatic carbocycles. The van der Waals surface area contributed by atoms with Crippen LogP contribution in [0.15, 0.2) is 54.6 Å². The Bertz CT molecular complexity index is 746. The molecule has 2 aromatic rings. The molecule has 0 heterocycles. The molecule has 0 bridgehead atoms. The lowest BCUT2D eigenvalue weighted by atomic mass is 10.1. The molecule has 0 saturated heterocycles. The molecule has 0 aliphatic heterocycles. The highest BCUT2D eigenvalue weighted by Crippen LogP contribution is 2.18. The second kappa shape index (κ2) is 14.1. The Hall–Kier alpha value is -2.89. The van der Waals surface area contributed by atoms with Crippen molar-refractivity contribution in [3.8, 4) is 11.5 Å². The van der Waals surface area contributed by atoms with Crippen LogP contribution < -0.4 is 9.47 Å². The number of non-ortho nitro benzene ring substituents is 1. The number of esters is 1. The van der Waals surface area contributed by atoms with Gasteiger partial charge in [-0.15, -0.1) is 0 Å². The highest BCUT2D eigenvalue weighted by Gasteiger charge is 2.08. The fourth-order valence-electron chi connectivity index (χ4n) is 3.13. The summed E-state index contributed by atoms with van der Waals surface area (Å²) >= 11 is 0. The first-order valence-corrected chi connectivity index (χ1v) is 10.8. The zero-order valence-corrected chi connectivity index (χ0v) is 17.5. The van der Waals surface area contributed by atoms with Crippen LogP contribution in [-0.4, -0.2) is 17.5 Å². The number of benzene rings is 2. The number of nitrogens with zero attached hydrogens (tertiary/aromatic N) is 1. The fourth-order valence-corrected chi connectivity index (χ4v) is 3.13. The second-order valence-corrected chi connectivity index (χ2v) is 7.32. The third-order valence-electron chi connectivity index (χ3n) is 4.82. The average molecular weight is 414 g/mol. The van der Waals surface area contributed by atoms with Gasteiger partial charge < -0.3 is 9.47 Å². The first-order chi connectivity index (χ1) is 14.6. The van der Waals surface area contributed by atoms with Gasteiger partial charge in [-0.25, -0.2) is 0 Å². The topological polar surface area (TPSA) is 78.7 Å². The van der Waals surface area contributed by atoms with Crippen LogP contribution in [0.4, 0.5) is 5.69 Å². The number of unbranched alkanes of at least 4 members (excludes halogenated alkanes) is 8. The number of para-hydroxylation sites is 1. The molecule has 0 amide bonds. The van der Waals surface area contributed by atoms with Gasteiger partial charge >= 0.3 is 5.97 Å². The van der Waals surface area contributed by atoms with Crippen molar-refractivity contribution in [2.75, 3.05) is 6.61 Å². The van der Waals surface area contributed by atoms with Crippen LogP contribution in [0, 0.1) is 10.1 Å². The summed E-state index contributed by atoms with van der Waals surface area (Å²) in [5.74, 6) is 0.996. The van der Waals surface area contributed by atoms with Crippen molar-refractivity contribution in [3.05, 3.63) is 64.7 Å². The number of nitro benzene ring substituents is 1. The smallest absolute Gasteiger partial charge is 0.311 e. The van der Waals surface area contributed by atoms with E-state index in [1.165, 1.54) is 56.4 Å². The predicted octanol–water partition coefficient (Wildman–Crippen LogP) is 6.48. The van der Waals surface area contributed by atoms with E-state index in [1.54, 1.807) is 0 Å². The van der Waals surface area contributed by atoms with Gasteiger partial charge in [-0.3, -0.25) is 14.9 Å². The molecule has 0 N–H and O–H groups in total. The standard InChI is InChI=1S/C24H31NO5/c26-24(30-23-18-16-21(17-19-23)25(27)28)15-11-6-4-2-1-3-5-7-12-20-29-22-13-9-8-10-14-22/h8-10,13-14,16-19H,1-7,11-12,15,20H2. The summed E-state index contributed by atoms with van der Waals surface area (Å²) in [4.78, 5) is 21.9. The van der Waals surface area contributed by atoms with Crippen molar-refractivity contribution in [2.45, 2.75) is 64.2 Å². The van der Waals surface area contributed by atoms with Gasteiger partial charge in [0.05, 0.1) is 11.5 Å². The number of carbonyl (C=O) groups is 1. The van der Waals surface area contributed by atoms with Gasteiger partial charge in [0.2, 0.25) is 0 Å². The Kier molecular flexibility index (Phi) is 11.0. The zero-order chi connectivity index (χ0) is 21.4. The molecule has 0 aromatic heterocycles. The van der Waals surface area contributed by atoms with E-state index in [2.05, 4.69) is 0 Å². The third-order valence-corrected chi connectivity index (χ3v) is 4.82. The van der Waals surface area contributed by atoms with E-state index in [4.69, 9.17) is 9.47 Å². The lowest BCUT2D eigenvalue weighted by molar-refractivity contribution is -0.384. The summed E-state index contributed by atoms with van der Waals surface area (Å²) in [7, 11) is 0. The number of hydrogen-bond donors (Lipinski definition) is 0. The predicted molar refractivity (Wildman–Crippen MR) is 117 cm³/mol. The summed E-state index contributed by atoms with van der Waals surface area (Å²) in [6.07, 6.45) is 10.5. The van der Waals surface area contributed by atoms with E-state index in [9.17, 15) is 14.9 Å². The molecule has 0 fully saturated rings.